The molecule has 5 nitrogen and oxygen atoms in total. The van der Waals surface area contributed by atoms with E-state index < -0.39 is 0 Å². The van der Waals surface area contributed by atoms with E-state index in [9.17, 15) is 0 Å². The quantitative estimate of drug-likeness (QED) is 0.353. The van der Waals surface area contributed by atoms with E-state index in [0.717, 1.165) is 52.5 Å². The summed E-state index contributed by atoms with van der Waals surface area (Å²) in [7, 11) is 0. The van der Waals surface area contributed by atoms with Gasteiger partial charge in [-0.25, -0.2) is 0 Å². The topological polar surface area (TPSA) is 34.2 Å². The third-order valence-electron chi connectivity index (χ3n) is 3.32. The molecule has 0 aliphatic carbocycles. The van der Waals surface area contributed by atoms with Crippen LogP contribution in [0.4, 0.5) is 0 Å². The molecule has 0 unspecified atom stereocenters. The van der Waals surface area contributed by atoms with Crippen molar-refractivity contribution >= 4 is 0 Å². The van der Waals surface area contributed by atoms with Crippen LogP contribution in [0.25, 0.3) is 0 Å². The molecule has 0 amide bonds. The van der Waals surface area contributed by atoms with Crippen molar-refractivity contribution in [3.05, 3.63) is 0 Å². The molecule has 0 radical (unpaired) electrons. The number of hydrogen-bond acceptors (Lipinski definition) is 5. The Kier molecular flexibility index (Phi) is 10.6. The molecule has 0 spiro atoms. The van der Waals surface area contributed by atoms with Gasteiger partial charge in [0.25, 0.3) is 0 Å². The Morgan fingerprint density at radius 1 is 1.10 bits per heavy atom. The first-order valence-corrected chi connectivity index (χ1v) is 7.50. The van der Waals surface area contributed by atoms with Crippen LogP contribution in [-0.4, -0.2) is 82.3 Å². The van der Waals surface area contributed by atoms with Gasteiger partial charge in [-0.2, -0.15) is 0 Å². The summed E-state index contributed by atoms with van der Waals surface area (Å²) in [6, 6.07) is 0. The third-order valence-corrected chi connectivity index (χ3v) is 3.32. The maximum atomic E-state index is 5.41. The van der Waals surface area contributed by atoms with Crippen molar-refractivity contribution in [3.63, 3.8) is 0 Å². The number of likely N-dealkylation sites (N-methyl/N-ethyl adjacent to an activating group) is 1. The molecule has 0 atom stereocenters. The Morgan fingerprint density at radius 3 is 2.55 bits per heavy atom. The normalized spacial score (nSPS) is 16.1. The Labute approximate surface area is 123 Å². The van der Waals surface area contributed by atoms with E-state index in [1.807, 2.05) is 0 Å². The van der Waals surface area contributed by atoms with Crippen molar-refractivity contribution in [2.24, 2.45) is 0 Å². The van der Waals surface area contributed by atoms with Crippen LogP contribution in [0.3, 0.4) is 0 Å². The molecule has 1 fully saturated rings. The Balaban J connectivity index is 1.89. The molecule has 0 aromatic heterocycles. The molecule has 0 aromatic carbocycles. The molecular formula is C15H28N2O3. The van der Waals surface area contributed by atoms with Crippen LogP contribution < -0.4 is 0 Å². The van der Waals surface area contributed by atoms with Gasteiger partial charge in [0.1, 0.15) is 13.4 Å². The fourth-order valence-electron chi connectivity index (χ4n) is 1.92. The fraction of sp³-hybridized carbons (Fsp3) is 0.867. The molecule has 20 heavy (non-hydrogen) atoms. The Morgan fingerprint density at radius 2 is 1.85 bits per heavy atom. The maximum absolute atomic E-state index is 5.41. The van der Waals surface area contributed by atoms with Crippen LogP contribution in [-0.2, 0) is 14.2 Å². The molecule has 0 saturated carbocycles. The number of hydrogen-bond donors (Lipinski definition) is 0. The number of nitrogens with zero attached hydrogens (tertiary/aromatic N) is 2. The van der Waals surface area contributed by atoms with Crippen molar-refractivity contribution in [2.45, 2.75) is 13.8 Å². The Hall–Kier alpha value is -0.640. The second kappa shape index (κ2) is 12.1. The molecule has 1 saturated heterocycles. The highest BCUT2D eigenvalue weighted by molar-refractivity contribution is 5.01. The lowest BCUT2D eigenvalue weighted by Gasteiger charge is -2.24. The minimum absolute atomic E-state index is 0.327. The van der Waals surface area contributed by atoms with E-state index in [0.29, 0.717) is 20.0 Å². The molecule has 1 rings (SSSR count). The van der Waals surface area contributed by atoms with Crippen LogP contribution in [0.2, 0.25) is 0 Å². The van der Waals surface area contributed by atoms with Gasteiger partial charge >= 0.3 is 0 Å². The zero-order chi connectivity index (χ0) is 14.5. The molecule has 0 N–H and O–H groups in total. The van der Waals surface area contributed by atoms with E-state index >= 15 is 0 Å². The summed E-state index contributed by atoms with van der Waals surface area (Å²) in [5.41, 5.74) is 0. The molecular weight excluding hydrogens is 256 g/mol. The van der Waals surface area contributed by atoms with Gasteiger partial charge in [0, 0.05) is 19.6 Å². The lowest BCUT2D eigenvalue weighted by molar-refractivity contribution is -0.0470. The minimum Gasteiger partial charge on any atom is -0.379 e. The van der Waals surface area contributed by atoms with E-state index in [2.05, 4.69) is 35.5 Å². The van der Waals surface area contributed by atoms with Crippen molar-refractivity contribution in [2.75, 3.05) is 72.5 Å². The SMILES string of the molecule is CCN(CC)CCOCOCC#CCN1CCOCC1. The van der Waals surface area contributed by atoms with Crippen molar-refractivity contribution in [3.8, 4) is 11.8 Å². The van der Waals surface area contributed by atoms with Crippen molar-refractivity contribution in [1.29, 1.82) is 0 Å². The van der Waals surface area contributed by atoms with Crippen LogP contribution >= 0.6 is 0 Å². The highest BCUT2D eigenvalue weighted by Gasteiger charge is 2.07. The predicted molar refractivity (Wildman–Crippen MR) is 79.6 cm³/mol. The second-order valence-corrected chi connectivity index (χ2v) is 4.64. The smallest absolute Gasteiger partial charge is 0.148 e. The van der Waals surface area contributed by atoms with Crippen LogP contribution in [0, 0.1) is 11.8 Å². The third kappa shape index (κ3) is 8.51. The molecule has 1 heterocycles. The van der Waals surface area contributed by atoms with Gasteiger partial charge in [0.15, 0.2) is 0 Å². The van der Waals surface area contributed by atoms with E-state index in [4.69, 9.17) is 14.2 Å². The van der Waals surface area contributed by atoms with Crippen LogP contribution in [0.1, 0.15) is 13.8 Å². The number of ether oxygens (including phenoxy) is 3. The van der Waals surface area contributed by atoms with E-state index in [1.54, 1.807) is 0 Å². The van der Waals surface area contributed by atoms with Crippen molar-refractivity contribution < 1.29 is 14.2 Å². The highest BCUT2D eigenvalue weighted by atomic mass is 16.7. The van der Waals surface area contributed by atoms with E-state index in [1.165, 1.54) is 0 Å². The van der Waals surface area contributed by atoms with Crippen LogP contribution in [0.15, 0.2) is 0 Å². The summed E-state index contributed by atoms with van der Waals surface area (Å²) in [4.78, 5) is 4.61. The number of rotatable bonds is 9. The second-order valence-electron chi connectivity index (χ2n) is 4.64. The zero-order valence-electron chi connectivity index (χ0n) is 12.9. The van der Waals surface area contributed by atoms with Gasteiger partial charge in [0.05, 0.1) is 26.4 Å². The largest absolute Gasteiger partial charge is 0.379 e. The zero-order valence-corrected chi connectivity index (χ0v) is 12.9. The Bertz CT molecular complexity index is 279. The fourth-order valence-corrected chi connectivity index (χ4v) is 1.92. The molecule has 0 aromatic rings. The monoisotopic (exact) mass is 284 g/mol. The van der Waals surface area contributed by atoms with Crippen LogP contribution in [0.5, 0.6) is 0 Å². The average Bonchev–Trinajstić information content (AvgIpc) is 2.50. The molecule has 0 bridgehead atoms. The predicted octanol–water partition coefficient (Wildman–Crippen LogP) is 0.655. The minimum atomic E-state index is 0.327. The van der Waals surface area contributed by atoms with E-state index in [-0.39, 0.29) is 0 Å². The average molecular weight is 284 g/mol. The first-order valence-electron chi connectivity index (χ1n) is 7.50. The summed E-state index contributed by atoms with van der Waals surface area (Å²) >= 11 is 0. The lowest BCUT2D eigenvalue weighted by Crippen LogP contribution is -2.36. The molecule has 1 aliphatic rings. The molecule has 116 valence electrons. The maximum Gasteiger partial charge on any atom is 0.148 e. The summed E-state index contributed by atoms with van der Waals surface area (Å²) in [5, 5.41) is 0. The number of morpholine rings is 1. The molecule has 5 heteroatoms. The lowest BCUT2D eigenvalue weighted by atomic mass is 10.4. The van der Waals surface area contributed by atoms with Gasteiger partial charge in [-0.1, -0.05) is 25.7 Å². The van der Waals surface area contributed by atoms with Crippen molar-refractivity contribution in [1.82, 2.24) is 9.80 Å². The summed E-state index contributed by atoms with van der Waals surface area (Å²) in [5.74, 6) is 6.12. The van der Waals surface area contributed by atoms with Gasteiger partial charge in [0.2, 0.25) is 0 Å². The summed E-state index contributed by atoms with van der Waals surface area (Å²) < 4.78 is 16.0. The van der Waals surface area contributed by atoms with Gasteiger partial charge in [-0.15, -0.1) is 0 Å². The molecule has 1 aliphatic heterocycles. The summed E-state index contributed by atoms with van der Waals surface area (Å²) in [6.07, 6.45) is 0. The van der Waals surface area contributed by atoms with Gasteiger partial charge in [-0.05, 0) is 13.1 Å². The first kappa shape index (κ1) is 17.4. The van der Waals surface area contributed by atoms with Gasteiger partial charge in [-0.3, -0.25) is 4.90 Å². The first-order chi connectivity index (χ1) is 9.86. The standard InChI is InChI=1S/C15H28N2O3/c1-3-16(4-2)8-14-20-15-19-11-6-5-7-17-9-12-18-13-10-17/h3-4,7-15H2,1-2H3. The van der Waals surface area contributed by atoms with Gasteiger partial charge < -0.3 is 19.1 Å². The highest BCUT2D eigenvalue weighted by Crippen LogP contribution is 1.94. The summed E-state index contributed by atoms with van der Waals surface area (Å²) in [6.45, 7) is 13.3.